The zero-order valence-corrected chi connectivity index (χ0v) is 17.5. The predicted octanol–water partition coefficient (Wildman–Crippen LogP) is 4.35. The number of nitrogens with one attached hydrogen (secondary N) is 1. The zero-order chi connectivity index (χ0) is 20.9. The van der Waals surface area contributed by atoms with E-state index >= 15 is 0 Å². The minimum absolute atomic E-state index is 0.0457. The lowest BCUT2D eigenvalue weighted by molar-refractivity contribution is 0.353. The Morgan fingerprint density at radius 3 is 2.40 bits per heavy atom. The predicted molar refractivity (Wildman–Crippen MR) is 119 cm³/mol. The smallest absolute Gasteiger partial charge is 0.161 e. The van der Waals surface area contributed by atoms with E-state index in [1.54, 1.807) is 21.3 Å². The average Bonchev–Trinajstić information content (AvgIpc) is 2.81. The lowest BCUT2D eigenvalue weighted by atomic mass is 9.87. The van der Waals surface area contributed by atoms with Crippen LogP contribution in [0, 0.1) is 11.8 Å². The van der Waals surface area contributed by atoms with Crippen molar-refractivity contribution in [3.05, 3.63) is 88.5 Å². The summed E-state index contributed by atoms with van der Waals surface area (Å²) in [5.74, 6) is 8.95. The third-order valence-electron chi connectivity index (χ3n) is 5.38. The van der Waals surface area contributed by atoms with Gasteiger partial charge in [-0.2, -0.15) is 0 Å². The molecule has 3 aromatic carbocycles. The minimum atomic E-state index is 0.0457. The van der Waals surface area contributed by atoms with E-state index in [0.717, 1.165) is 46.9 Å². The SMILES string of the molecule is COc1cccc(C#Cc2ccccc2C2NCCc3cc(OC)c(OC)cc32)c1. The Balaban J connectivity index is 1.75. The topological polar surface area (TPSA) is 39.7 Å². The summed E-state index contributed by atoms with van der Waals surface area (Å²) < 4.78 is 16.4. The van der Waals surface area contributed by atoms with Gasteiger partial charge in [-0.05, 0) is 59.5 Å². The van der Waals surface area contributed by atoms with Crippen molar-refractivity contribution in [2.24, 2.45) is 0 Å². The fourth-order valence-electron chi connectivity index (χ4n) is 3.86. The van der Waals surface area contributed by atoms with Crippen LogP contribution in [0.2, 0.25) is 0 Å². The summed E-state index contributed by atoms with van der Waals surface area (Å²) in [7, 11) is 5.01. The molecule has 1 aliphatic heterocycles. The van der Waals surface area contributed by atoms with Crippen molar-refractivity contribution in [1.82, 2.24) is 5.32 Å². The minimum Gasteiger partial charge on any atom is -0.497 e. The van der Waals surface area contributed by atoms with Crippen LogP contribution >= 0.6 is 0 Å². The molecule has 0 aromatic heterocycles. The molecule has 152 valence electrons. The molecule has 0 bridgehead atoms. The van der Waals surface area contributed by atoms with Crippen molar-refractivity contribution >= 4 is 0 Å². The van der Waals surface area contributed by atoms with E-state index in [0.29, 0.717) is 0 Å². The fraction of sp³-hybridized carbons (Fsp3) is 0.231. The van der Waals surface area contributed by atoms with E-state index in [1.807, 2.05) is 30.3 Å². The maximum Gasteiger partial charge on any atom is 0.161 e. The van der Waals surface area contributed by atoms with E-state index in [2.05, 4.69) is 47.5 Å². The molecule has 0 saturated carbocycles. The number of rotatable bonds is 4. The second-order valence-corrected chi connectivity index (χ2v) is 7.11. The molecule has 30 heavy (non-hydrogen) atoms. The lowest BCUT2D eigenvalue weighted by Crippen LogP contribution is -2.31. The Kier molecular flexibility index (Phi) is 5.92. The van der Waals surface area contributed by atoms with Gasteiger partial charge in [0.2, 0.25) is 0 Å². The summed E-state index contributed by atoms with van der Waals surface area (Å²) in [6, 6.07) is 20.3. The third-order valence-corrected chi connectivity index (χ3v) is 5.38. The molecule has 4 rings (SSSR count). The Morgan fingerprint density at radius 1 is 0.800 bits per heavy atom. The molecular weight excluding hydrogens is 374 g/mol. The van der Waals surface area contributed by atoms with Crippen molar-refractivity contribution < 1.29 is 14.2 Å². The van der Waals surface area contributed by atoms with Crippen molar-refractivity contribution in [2.45, 2.75) is 12.5 Å². The quantitative estimate of drug-likeness (QED) is 0.663. The molecule has 0 fully saturated rings. The van der Waals surface area contributed by atoms with Crippen LogP contribution in [-0.4, -0.2) is 27.9 Å². The lowest BCUT2D eigenvalue weighted by Gasteiger charge is -2.29. The van der Waals surface area contributed by atoms with Gasteiger partial charge in [-0.1, -0.05) is 36.1 Å². The van der Waals surface area contributed by atoms with Gasteiger partial charge in [-0.25, -0.2) is 0 Å². The average molecular weight is 399 g/mol. The van der Waals surface area contributed by atoms with Crippen molar-refractivity contribution in [2.75, 3.05) is 27.9 Å². The van der Waals surface area contributed by atoms with Gasteiger partial charge in [0.05, 0.1) is 27.4 Å². The molecule has 0 aliphatic carbocycles. The zero-order valence-electron chi connectivity index (χ0n) is 17.5. The summed E-state index contributed by atoms with van der Waals surface area (Å²) in [5.41, 5.74) is 5.55. The van der Waals surface area contributed by atoms with E-state index in [-0.39, 0.29) is 6.04 Å². The molecule has 1 heterocycles. The highest BCUT2D eigenvalue weighted by Crippen LogP contribution is 2.38. The van der Waals surface area contributed by atoms with Crippen LogP contribution in [0.1, 0.15) is 33.9 Å². The fourth-order valence-corrected chi connectivity index (χ4v) is 3.86. The maximum absolute atomic E-state index is 5.55. The molecule has 1 unspecified atom stereocenters. The first-order valence-electron chi connectivity index (χ1n) is 9.96. The Hall–Kier alpha value is -3.42. The molecule has 0 saturated heterocycles. The molecular formula is C26H25NO3. The van der Waals surface area contributed by atoms with Gasteiger partial charge in [0.15, 0.2) is 11.5 Å². The molecule has 1 N–H and O–H groups in total. The number of ether oxygens (including phenoxy) is 3. The maximum atomic E-state index is 5.55. The summed E-state index contributed by atoms with van der Waals surface area (Å²) >= 11 is 0. The Labute approximate surface area is 177 Å². The molecule has 4 nitrogen and oxygen atoms in total. The third kappa shape index (κ3) is 3.98. The number of methoxy groups -OCH3 is 3. The van der Waals surface area contributed by atoms with Gasteiger partial charge in [-0.15, -0.1) is 0 Å². The molecule has 0 radical (unpaired) electrons. The standard InChI is InChI=1S/C26H25NO3/c1-28-21-9-6-7-18(15-21)11-12-19-8-4-5-10-22(19)26-23-17-25(30-3)24(29-2)16-20(23)13-14-27-26/h4-10,15-17,26-27H,13-14H2,1-3H3. The van der Waals surface area contributed by atoms with Gasteiger partial charge in [0.1, 0.15) is 5.75 Å². The molecule has 0 spiro atoms. The summed E-state index contributed by atoms with van der Waals surface area (Å²) in [4.78, 5) is 0. The second kappa shape index (κ2) is 8.94. The van der Waals surface area contributed by atoms with Crippen molar-refractivity contribution in [3.63, 3.8) is 0 Å². The molecule has 3 aromatic rings. The van der Waals surface area contributed by atoms with Crippen LogP contribution in [0.3, 0.4) is 0 Å². The van der Waals surface area contributed by atoms with Crippen LogP contribution in [-0.2, 0) is 6.42 Å². The number of hydrogen-bond acceptors (Lipinski definition) is 4. The van der Waals surface area contributed by atoms with Gasteiger partial charge < -0.3 is 19.5 Å². The monoisotopic (exact) mass is 399 g/mol. The van der Waals surface area contributed by atoms with Gasteiger partial charge >= 0.3 is 0 Å². The van der Waals surface area contributed by atoms with Crippen LogP contribution in [0.4, 0.5) is 0 Å². The highest BCUT2D eigenvalue weighted by molar-refractivity contribution is 5.55. The molecule has 4 heteroatoms. The van der Waals surface area contributed by atoms with Crippen molar-refractivity contribution in [1.29, 1.82) is 0 Å². The number of benzene rings is 3. The summed E-state index contributed by atoms with van der Waals surface area (Å²) in [6.45, 7) is 0.894. The molecule has 1 atom stereocenters. The Bertz CT molecular complexity index is 1110. The van der Waals surface area contributed by atoms with Gasteiger partial charge in [0.25, 0.3) is 0 Å². The van der Waals surface area contributed by atoms with Crippen LogP contribution in [0.25, 0.3) is 0 Å². The molecule has 1 aliphatic rings. The summed E-state index contributed by atoms with van der Waals surface area (Å²) in [5, 5.41) is 3.65. The van der Waals surface area contributed by atoms with Crippen molar-refractivity contribution in [3.8, 4) is 29.1 Å². The van der Waals surface area contributed by atoms with E-state index in [1.165, 1.54) is 11.1 Å². The highest BCUT2D eigenvalue weighted by atomic mass is 16.5. The van der Waals surface area contributed by atoms with E-state index in [9.17, 15) is 0 Å². The van der Waals surface area contributed by atoms with Crippen LogP contribution in [0.15, 0.2) is 60.7 Å². The largest absolute Gasteiger partial charge is 0.497 e. The first kappa shape index (κ1) is 19.9. The molecule has 0 amide bonds. The number of fused-ring (bicyclic) bond motifs is 1. The van der Waals surface area contributed by atoms with E-state index < -0.39 is 0 Å². The van der Waals surface area contributed by atoms with Gasteiger partial charge in [0, 0.05) is 17.7 Å². The van der Waals surface area contributed by atoms with Crippen LogP contribution in [0.5, 0.6) is 17.2 Å². The Morgan fingerprint density at radius 2 is 1.60 bits per heavy atom. The first-order valence-corrected chi connectivity index (χ1v) is 9.96. The highest BCUT2D eigenvalue weighted by Gasteiger charge is 2.25. The number of hydrogen-bond donors (Lipinski definition) is 1. The normalized spacial score (nSPS) is 14.8. The van der Waals surface area contributed by atoms with E-state index in [4.69, 9.17) is 14.2 Å². The first-order chi connectivity index (χ1) is 14.7. The van der Waals surface area contributed by atoms with Crippen LogP contribution < -0.4 is 19.5 Å². The second-order valence-electron chi connectivity index (χ2n) is 7.11. The summed E-state index contributed by atoms with van der Waals surface area (Å²) in [6.07, 6.45) is 0.948. The van der Waals surface area contributed by atoms with Gasteiger partial charge in [-0.3, -0.25) is 0 Å².